The molecule has 0 heterocycles. The minimum atomic E-state index is -0.486. The summed E-state index contributed by atoms with van der Waals surface area (Å²) in [5.74, 6) is -0.163. The number of hydrogen-bond donors (Lipinski definition) is 2. The van der Waals surface area contributed by atoms with Crippen LogP contribution in [0, 0.1) is 10.1 Å². The highest BCUT2D eigenvalue weighted by Crippen LogP contribution is 2.11. The highest BCUT2D eigenvalue weighted by Gasteiger charge is 2.03. The van der Waals surface area contributed by atoms with E-state index in [4.69, 9.17) is 5.11 Å². The van der Waals surface area contributed by atoms with Crippen LogP contribution >= 0.6 is 0 Å². The number of non-ortho nitro benzene ring substituents is 1. The Morgan fingerprint density at radius 2 is 1.82 bits per heavy atom. The summed E-state index contributed by atoms with van der Waals surface area (Å²) in [6.45, 7) is 0. The molecule has 0 aliphatic heterocycles. The molecule has 22 heavy (non-hydrogen) atoms. The molecular formula is C15H13N3O4. The molecule has 0 radical (unpaired) electrons. The van der Waals surface area contributed by atoms with Crippen molar-refractivity contribution in [2.75, 3.05) is 0 Å². The van der Waals surface area contributed by atoms with Gasteiger partial charge < -0.3 is 5.11 Å². The van der Waals surface area contributed by atoms with Crippen molar-refractivity contribution < 1.29 is 14.8 Å². The van der Waals surface area contributed by atoms with Crippen molar-refractivity contribution in [2.24, 2.45) is 5.10 Å². The topological polar surface area (TPSA) is 105 Å². The Morgan fingerprint density at radius 1 is 1.18 bits per heavy atom. The zero-order valence-electron chi connectivity index (χ0n) is 11.5. The van der Waals surface area contributed by atoms with Crippen molar-refractivity contribution in [3.63, 3.8) is 0 Å². The van der Waals surface area contributed by atoms with Gasteiger partial charge in [-0.15, -0.1) is 0 Å². The summed E-state index contributed by atoms with van der Waals surface area (Å²) in [5, 5.41) is 23.4. The zero-order chi connectivity index (χ0) is 15.9. The van der Waals surface area contributed by atoms with Crippen LogP contribution in [0.25, 0.3) is 0 Å². The molecule has 1 amide bonds. The maximum atomic E-state index is 11.7. The number of carbonyl (C=O) groups excluding carboxylic acids is 1. The number of nitro groups is 1. The van der Waals surface area contributed by atoms with Gasteiger partial charge in [0.25, 0.3) is 5.69 Å². The van der Waals surface area contributed by atoms with Gasteiger partial charge in [-0.3, -0.25) is 14.9 Å². The van der Waals surface area contributed by atoms with Gasteiger partial charge in [0, 0.05) is 12.1 Å². The quantitative estimate of drug-likeness (QED) is 0.500. The van der Waals surface area contributed by atoms with E-state index < -0.39 is 4.92 Å². The number of nitro benzene ring substituents is 1. The zero-order valence-corrected chi connectivity index (χ0v) is 11.5. The molecule has 2 rings (SSSR count). The van der Waals surface area contributed by atoms with Crippen molar-refractivity contribution in [2.45, 2.75) is 6.42 Å². The number of phenolic OH excluding ortho intramolecular Hbond substituents is 1. The normalized spacial score (nSPS) is 10.5. The number of carbonyl (C=O) groups is 1. The van der Waals surface area contributed by atoms with E-state index in [1.54, 1.807) is 12.1 Å². The van der Waals surface area contributed by atoms with Crippen LogP contribution in [0.1, 0.15) is 11.1 Å². The first-order valence-corrected chi connectivity index (χ1v) is 6.39. The van der Waals surface area contributed by atoms with Crippen LogP contribution in [0.2, 0.25) is 0 Å². The molecule has 112 valence electrons. The third-order valence-electron chi connectivity index (χ3n) is 2.81. The van der Waals surface area contributed by atoms with Crippen molar-refractivity contribution >= 4 is 17.8 Å². The van der Waals surface area contributed by atoms with Crippen LogP contribution in [0.3, 0.4) is 0 Å². The van der Waals surface area contributed by atoms with E-state index in [0.717, 1.165) is 5.56 Å². The van der Waals surface area contributed by atoms with Crippen molar-refractivity contribution in [3.05, 3.63) is 69.8 Å². The minimum absolute atomic E-state index is 0.00600. The van der Waals surface area contributed by atoms with Crippen molar-refractivity contribution in [1.82, 2.24) is 5.43 Å². The Labute approximate surface area is 126 Å². The summed E-state index contributed by atoms with van der Waals surface area (Å²) in [5.41, 5.74) is 3.75. The molecule has 0 spiro atoms. The Bertz CT molecular complexity index is 694. The molecule has 2 aromatic carbocycles. The standard InChI is InChI=1S/C15H13N3O4/c19-14-7-3-11(4-8-14)9-15(20)17-16-10-12-1-5-13(6-2-12)18(21)22/h1-8,10,19H,9H2,(H,17,20)/b16-10-. The minimum Gasteiger partial charge on any atom is -0.508 e. The molecule has 7 heteroatoms. The molecule has 0 saturated heterocycles. The first-order valence-electron chi connectivity index (χ1n) is 6.39. The number of benzene rings is 2. The third-order valence-corrected chi connectivity index (χ3v) is 2.81. The fourth-order valence-corrected chi connectivity index (χ4v) is 1.70. The maximum absolute atomic E-state index is 11.7. The molecule has 0 aliphatic rings. The van der Waals surface area contributed by atoms with Gasteiger partial charge in [0.2, 0.25) is 5.91 Å². The van der Waals surface area contributed by atoms with Gasteiger partial charge in [-0.25, -0.2) is 5.43 Å². The molecule has 2 N–H and O–H groups in total. The highest BCUT2D eigenvalue weighted by atomic mass is 16.6. The smallest absolute Gasteiger partial charge is 0.269 e. The second-order valence-corrected chi connectivity index (χ2v) is 4.49. The van der Waals surface area contributed by atoms with Crippen LogP contribution in [-0.4, -0.2) is 22.2 Å². The lowest BCUT2D eigenvalue weighted by molar-refractivity contribution is -0.384. The van der Waals surface area contributed by atoms with E-state index in [9.17, 15) is 14.9 Å². The third kappa shape index (κ3) is 4.41. The monoisotopic (exact) mass is 299 g/mol. The number of hydrogen-bond acceptors (Lipinski definition) is 5. The molecule has 2 aromatic rings. The molecule has 0 bridgehead atoms. The van der Waals surface area contributed by atoms with Gasteiger partial charge in [0.1, 0.15) is 5.75 Å². The molecule has 0 saturated carbocycles. The summed E-state index contributed by atoms with van der Waals surface area (Å²) in [6, 6.07) is 12.1. The number of nitrogens with zero attached hydrogens (tertiary/aromatic N) is 2. The Hall–Kier alpha value is -3.22. The average molecular weight is 299 g/mol. The van der Waals surface area contributed by atoms with Crippen LogP contribution in [-0.2, 0) is 11.2 Å². The number of nitrogens with one attached hydrogen (secondary N) is 1. The van der Waals surface area contributed by atoms with Gasteiger partial charge in [-0.1, -0.05) is 12.1 Å². The number of aromatic hydroxyl groups is 1. The SMILES string of the molecule is O=C(Cc1ccc(O)cc1)N/N=C\c1ccc([N+](=O)[O-])cc1. The van der Waals surface area contributed by atoms with Crippen LogP contribution in [0.5, 0.6) is 5.75 Å². The lowest BCUT2D eigenvalue weighted by Gasteiger charge is -2.00. The summed E-state index contributed by atoms with van der Waals surface area (Å²) >= 11 is 0. The summed E-state index contributed by atoms with van der Waals surface area (Å²) in [7, 11) is 0. The van der Waals surface area contributed by atoms with Gasteiger partial charge in [0.05, 0.1) is 17.6 Å². The second kappa shape index (κ2) is 6.98. The fraction of sp³-hybridized carbons (Fsp3) is 0.0667. The maximum Gasteiger partial charge on any atom is 0.269 e. The van der Waals surface area contributed by atoms with E-state index in [2.05, 4.69) is 10.5 Å². The second-order valence-electron chi connectivity index (χ2n) is 4.49. The molecule has 0 aromatic heterocycles. The number of rotatable bonds is 5. The number of hydrazone groups is 1. The van der Waals surface area contributed by atoms with E-state index >= 15 is 0 Å². The average Bonchev–Trinajstić information content (AvgIpc) is 2.50. The molecule has 0 fully saturated rings. The van der Waals surface area contributed by atoms with Crippen molar-refractivity contribution in [1.29, 1.82) is 0 Å². The molecule has 0 unspecified atom stereocenters. The highest BCUT2D eigenvalue weighted by molar-refractivity contribution is 5.83. The molecule has 0 atom stereocenters. The van der Waals surface area contributed by atoms with Crippen LogP contribution < -0.4 is 5.43 Å². The van der Waals surface area contributed by atoms with E-state index in [-0.39, 0.29) is 23.8 Å². The first-order chi connectivity index (χ1) is 10.5. The summed E-state index contributed by atoms with van der Waals surface area (Å²) in [4.78, 5) is 21.7. The fourth-order valence-electron chi connectivity index (χ4n) is 1.70. The summed E-state index contributed by atoms with van der Waals surface area (Å²) < 4.78 is 0. The van der Waals surface area contributed by atoms with Gasteiger partial charge in [-0.05, 0) is 35.4 Å². The van der Waals surface area contributed by atoms with Crippen LogP contribution in [0.15, 0.2) is 53.6 Å². The van der Waals surface area contributed by atoms with Gasteiger partial charge >= 0.3 is 0 Å². The summed E-state index contributed by atoms with van der Waals surface area (Å²) in [6.07, 6.45) is 1.54. The Kier molecular flexibility index (Phi) is 4.81. The van der Waals surface area contributed by atoms with E-state index in [0.29, 0.717) is 5.56 Å². The molecule has 7 nitrogen and oxygen atoms in total. The van der Waals surface area contributed by atoms with Crippen LogP contribution in [0.4, 0.5) is 5.69 Å². The largest absolute Gasteiger partial charge is 0.508 e. The Balaban J connectivity index is 1.87. The Morgan fingerprint density at radius 3 is 2.41 bits per heavy atom. The number of phenols is 1. The van der Waals surface area contributed by atoms with E-state index in [1.165, 1.54) is 42.6 Å². The lowest BCUT2D eigenvalue weighted by atomic mass is 10.1. The predicted molar refractivity (Wildman–Crippen MR) is 80.6 cm³/mol. The van der Waals surface area contributed by atoms with E-state index in [1.807, 2.05) is 0 Å². The lowest BCUT2D eigenvalue weighted by Crippen LogP contribution is -2.19. The predicted octanol–water partition coefficient (Wildman–Crippen LogP) is 1.99. The first kappa shape index (κ1) is 15.2. The van der Waals surface area contributed by atoms with Crippen molar-refractivity contribution in [3.8, 4) is 5.75 Å². The van der Waals surface area contributed by atoms with Gasteiger partial charge in [0.15, 0.2) is 0 Å². The number of amides is 1. The molecular weight excluding hydrogens is 286 g/mol. The molecule has 0 aliphatic carbocycles. The van der Waals surface area contributed by atoms with Gasteiger partial charge in [-0.2, -0.15) is 5.10 Å².